The van der Waals surface area contributed by atoms with E-state index in [1.54, 1.807) is 6.20 Å². The van der Waals surface area contributed by atoms with Gasteiger partial charge < -0.3 is 15.2 Å². The fourth-order valence-corrected chi connectivity index (χ4v) is 3.08. The van der Waals surface area contributed by atoms with Crippen molar-refractivity contribution in [3.05, 3.63) is 89.0 Å². The molecule has 3 aromatic rings. The maximum atomic E-state index is 4.73. The molecule has 0 saturated carbocycles. The molecule has 5 nitrogen and oxygen atoms in total. The van der Waals surface area contributed by atoms with Crippen molar-refractivity contribution in [2.75, 3.05) is 6.54 Å². The Morgan fingerprint density at radius 2 is 1.82 bits per heavy atom. The number of aromatic nitrogens is 2. The van der Waals surface area contributed by atoms with Crippen molar-refractivity contribution in [1.29, 1.82) is 0 Å². The summed E-state index contributed by atoms with van der Waals surface area (Å²) in [7, 11) is 0. The van der Waals surface area contributed by atoms with Crippen LogP contribution in [0.1, 0.15) is 34.7 Å². The minimum absolute atomic E-state index is 0.646. The molecule has 0 aliphatic carbocycles. The minimum Gasteiger partial charge on any atom is -0.357 e. The second kappa shape index (κ2) is 9.74. The van der Waals surface area contributed by atoms with Gasteiger partial charge in [-0.3, -0.25) is 0 Å². The summed E-state index contributed by atoms with van der Waals surface area (Å²) >= 11 is 0. The zero-order valence-electron chi connectivity index (χ0n) is 16.9. The van der Waals surface area contributed by atoms with Crippen LogP contribution in [0, 0.1) is 13.8 Å². The smallest absolute Gasteiger partial charge is 0.191 e. The summed E-state index contributed by atoms with van der Waals surface area (Å²) in [5.74, 6) is 0.838. The first-order valence-electron chi connectivity index (χ1n) is 9.76. The van der Waals surface area contributed by atoms with Gasteiger partial charge in [0.05, 0.1) is 12.9 Å². The van der Waals surface area contributed by atoms with E-state index >= 15 is 0 Å². The quantitative estimate of drug-likeness (QED) is 0.488. The second-order valence-corrected chi connectivity index (χ2v) is 7.03. The monoisotopic (exact) mass is 375 g/mol. The lowest BCUT2D eigenvalue weighted by atomic mass is 10.1. The molecule has 1 heterocycles. The highest BCUT2D eigenvalue weighted by Gasteiger charge is 2.02. The Kier molecular flexibility index (Phi) is 6.84. The lowest BCUT2D eigenvalue weighted by molar-refractivity contribution is 0.795. The molecule has 28 heavy (non-hydrogen) atoms. The SMILES string of the molecule is CCNC(=NCc1ccc(Cn2ccnc2)cc1)NCc1ccc(C)cc1C. The number of hydrogen-bond acceptors (Lipinski definition) is 2. The lowest BCUT2D eigenvalue weighted by Crippen LogP contribution is -2.36. The molecule has 1 aromatic heterocycles. The van der Waals surface area contributed by atoms with Crippen LogP contribution in [-0.2, 0) is 19.6 Å². The van der Waals surface area contributed by atoms with Crippen LogP contribution in [0.5, 0.6) is 0 Å². The van der Waals surface area contributed by atoms with E-state index in [2.05, 4.69) is 83.4 Å². The number of rotatable bonds is 7. The van der Waals surface area contributed by atoms with E-state index in [4.69, 9.17) is 4.99 Å². The second-order valence-electron chi connectivity index (χ2n) is 7.03. The molecule has 0 saturated heterocycles. The van der Waals surface area contributed by atoms with Crippen molar-refractivity contribution in [3.8, 4) is 0 Å². The first-order chi connectivity index (χ1) is 13.6. The van der Waals surface area contributed by atoms with E-state index in [9.17, 15) is 0 Å². The topological polar surface area (TPSA) is 54.2 Å². The van der Waals surface area contributed by atoms with E-state index in [0.29, 0.717) is 6.54 Å². The predicted molar refractivity (Wildman–Crippen MR) is 115 cm³/mol. The number of nitrogens with one attached hydrogen (secondary N) is 2. The number of imidazole rings is 1. The molecular weight excluding hydrogens is 346 g/mol. The minimum atomic E-state index is 0.646. The van der Waals surface area contributed by atoms with Crippen LogP contribution in [0.2, 0.25) is 0 Å². The van der Waals surface area contributed by atoms with Crippen molar-refractivity contribution in [3.63, 3.8) is 0 Å². The summed E-state index contributed by atoms with van der Waals surface area (Å²) in [6.07, 6.45) is 5.61. The Balaban J connectivity index is 1.58. The van der Waals surface area contributed by atoms with Gasteiger partial charge in [-0.05, 0) is 43.0 Å². The summed E-state index contributed by atoms with van der Waals surface area (Å²) in [5.41, 5.74) is 6.33. The average molecular weight is 376 g/mol. The third-order valence-electron chi connectivity index (χ3n) is 4.66. The molecule has 0 bridgehead atoms. The molecule has 0 unspecified atom stereocenters. The molecule has 0 radical (unpaired) electrons. The molecule has 2 aromatic carbocycles. The molecule has 5 heteroatoms. The van der Waals surface area contributed by atoms with Gasteiger partial charge in [0.25, 0.3) is 0 Å². The number of nitrogens with zero attached hydrogens (tertiary/aromatic N) is 3. The number of aryl methyl sites for hydroxylation is 2. The first-order valence-corrected chi connectivity index (χ1v) is 9.76. The van der Waals surface area contributed by atoms with Crippen LogP contribution in [0.15, 0.2) is 66.2 Å². The highest BCUT2D eigenvalue weighted by Crippen LogP contribution is 2.10. The van der Waals surface area contributed by atoms with Gasteiger partial charge in [0.1, 0.15) is 0 Å². The number of benzene rings is 2. The molecule has 0 fully saturated rings. The number of hydrogen-bond donors (Lipinski definition) is 2. The Labute approximate surface area is 167 Å². The van der Waals surface area contributed by atoms with E-state index in [-0.39, 0.29) is 0 Å². The summed E-state index contributed by atoms with van der Waals surface area (Å²) in [6, 6.07) is 15.1. The van der Waals surface area contributed by atoms with Crippen LogP contribution in [-0.4, -0.2) is 22.1 Å². The molecule has 0 amide bonds. The Morgan fingerprint density at radius 3 is 2.50 bits per heavy atom. The van der Waals surface area contributed by atoms with Gasteiger partial charge in [-0.2, -0.15) is 0 Å². The number of aliphatic imine (C=N–C) groups is 1. The lowest BCUT2D eigenvalue weighted by Gasteiger charge is -2.13. The van der Waals surface area contributed by atoms with Gasteiger partial charge in [-0.1, -0.05) is 48.0 Å². The first kappa shape index (κ1) is 19.7. The van der Waals surface area contributed by atoms with Crippen LogP contribution in [0.25, 0.3) is 0 Å². The molecular formula is C23H29N5. The Morgan fingerprint density at radius 1 is 1.04 bits per heavy atom. The maximum Gasteiger partial charge on any atom is 0.191 e. The van der Waals surface area contributed by atoms with Crippen molar-refractivity contribution in [2.45, 2.75) is 40.4 Å². The van der Waals surface area contributed by atoms with Crippen LogP contribution in [0.4, 0.5) is 0 Å². The van der Waals surface area contributed by atoms with Crippen LogP contribution in [0.3, 0.4) is 0 Å². The molecule has 0 aliphatic heterocycles. The van der Waals surface area contributed by atoms with E-state index in [1.807, 2.05) is 12.5 Å². The van der Waals surface area contributed by atoms with Crippen molar-refractivity contribution in [1.82, 2.24) is 20.2 Å². The number of guanidine groups is 1. The highest BCUT2D eigenvalue weighted by molar-refractivity contribution is 5.79. The molecule has 0 spiro atoms. The van der Waals surface area contributed by atoms with Crippen molar-refractivity contribution in [2.24, 2.45) is 4.99 Å². The molecule has 2 N–H and O–H groups in total. The van der Waals surface area contributed by atoms with Crippen LogP contribution >= 0.6 is 0 Å². The van der Waals surface area contributed by atoms with E-state index in [0.717, 1.165) is 25.6 Å². The van der Waals surface area contributed by atoms with E-state index < -0.39 is 0 Å². The van der Waals surface area contributed by atoms with E-state index in [1.165, 1.54) is 27.8 Å². The molecule has 146 valence electrons. The fourth-order valence-electron chi connectivity index (χ4n) is 3.08. The van der Waals surface area contributed by atoms with Gasteiger partial charge in [-0.15, -0.1) is 0 Å². The summed E-state index contributed by atoms with van der Waals surface area (Å²) < 4.78 is 2.06. The molecule has 0 aliphatic rings. The highest BCUT2D eigenvalue weighted by atomic mass is 15.2. The molecule has 3 rings (SSSR count). The maximum absolute atomic E-state index is 4.73. The van der Waals surface area contributed by atoms with Crippen LogP contribution < -0.4 is 10.6 Å². The normalized spacial score (nSPS) is 11.5. The summed E-state index contributed by atoms with van der Waals surface area (Å²) in [4.78, 5) is 8.81. The van der Waals surface area contributed by atoms with Gasteiger partial charge in [0.15, 0.2) is 5.96 Å². The van der Waals surface area contributed by atoms with Gasteiger partial charge in [-0.25, -0.2) is 9.98 Å². The third-order valence-corrected chi connectivity index (χ3v) is 4.66. The Bertz CT molecular complexity index is 895. The average Bonchev–Trinajstić information content (AvgIpc) is 3.19. The zero-order valence-corrected chi connectivity index (χ0v) is 16.9. The largest absolute Gasteiger partial charge is 0.357 e. The zero-order chi connectivity index (χ0) is 19.8. The van der Waals surface area contributed by atoms with Gasteiger partial charge in [0.2, 0.25) is 0 Å². The van der Waals surface area contributed by atoms with Gasteiger partial charge in [0, 0.05) is 32.0 Å². The summed E-state index contributed by atoms with van der Waals surface area (Å²) in [6.45, 7) is 9.44. The fraction of sp³-hybridized carbons (Fsp3) is 0.304. The molecule has 0 atom stereocenters. The van der Waals surface area contributed by atoms with Gasteiger partial charge >= 0.3 is 0 Å². The van der Waals surface area contributed by atoms with Crippen molar-refractivity contribution < 1.29 is 0 Å². The third kappa shape index (κ3) is 5.71. The standard InChI is InChI=1S/C23H29N5/c1-4-25-23(27-15-22-10-5-18(2)13-19(22)3)26-14-20-6-8-21(9-7-20)16-28-12-11-24-17-28/h5-13,17H,4,14-16H2,1-3H3,(H2,25,26,27). The predicted octanol–water partition coefficient (Wildman–Crippen LogP) is 3.80. The Hall–Kier alpha value is -3.08. The van der Waals surface area contributed by atoms with Crippen molar-refractivity contribution >= 4 is 5.96 Å². The summed E-state index contributed by atoms with van der Waals surface area (Å²) in [5, 5.41) is 6.76.